The molecule has 0 aliphatic heterocycles. The first kappa shape index (κ1) is 29.3. The van der Waals surface area contributed by atoms with E-state index in [0.29, 0.717) is 0 Å². The molecule has 1 aliphatic rings. The topological polar surface area (TPSA) is 0 Å². The summed E-state index contributed by atoms with van der Waals surface area (Å²) in [6, 6.07) is 26.5. The summed E-state index contributed by atoms with van der Waals surface area (Å²) in [5.41, 5.74) is 9.02. The van der Waals surface area contributed by atoms with Crippen LogP contribution < -0.4 is 20.7 Å². The molecule has 2 atom stereocenters. The van der Waals surface area contributed by atoms with Gasteiger partial charge in [0.15, 0.2) is 0 Å². The van der Waals surface area contributed by atoms with Gasteiger partial charge in [-0.15, -0.1) is 0 Å². The summed E-state index contributed by atoms with van der Waals surface area (Å²) in [6.07, 6.45) is 0. The van der Waals surface area contributed by atoms with Crippen LogP contribution in [-0.4, -0.2) is 16.1 Å². The van der Waals surface area contributed by atoms with Crippen molar-refractivity contribution in [3.63, 3.8) is 0 Å². The van der Waals surface area contributed by atoms with Crippen molar-refractivity contribution in [2.24, 2.45) is 0 Å². The fourth-order valence-corrected chi connectivity index (χ4v) is 20.9. The maximum atomic E-state index is 2.68. The molecule has 0 aromatic heterocycles. The second-order valence-corrected chi connectivity index (χ2v) is 26.2. The summed E-state index contributed by atoms with van der Waals surface area (Å²) >= 11 is -1.49. The van der Waals surface area contributed by atoms with Crippen LogP contribution in [0.3, 0.4) is 0 Å². The first-order chi connectivity index (χ1) is 17.7. The van der Waals surface area contributed by atoms with Crippen LogP contribution in [-0.2, 0) is 17.9 Å². The van der Waals surface area contributed by atoms with Gasteiger partial charge in [0, 0.05) is 0 Å². The number of rotatable bonds is 6. The van der Waals surface area contributed by atoms with Gasteiger partial charge < -0.3 is 0 Å². The van der Waals surface area contributed by atoms with Crippen LogP contribution in [0, 0.1) is 20.8 Å². The van der Waals surface area contributed by atoms with Gasteiger partial charge in [-0.1, -0.05) is 0 Å². The molecule has 0 spiro atoms. The Hall–Kier alpha value is -1.71. The van der Waals surface area contributed by atoms with E-state index in [4.69, 9.17) is 0 Å². The Morgan fingerprint density at radius 2 is 1.18 bits per heavy atom. The molecule has 3 aromatic rings. The van der Waals surface area contributed by atoms with Crippen molar-refractivity contribution in [1.82, 2.24) is 0 Å². The zero-order chi connectivity index (χ0) is 28.2. The Kier molecular flexibility index (Phi) is 7.98. The van der Waals surface area contributed by atoms with Crippen LogP contribution in [0.25, 0.3) is 0 Å². The third-order valence-corrected chi connectivity index (χ3v) is 20.8. The molecule has 0 saturated carbocycles. The van der Waals surface area contributed by atoms with Gasteiger partial charge in [0.2, 0.25) is 0 Å². The van der Waals surface area contributed by atoms with E-state index in [9.17, 15) is 0 Å². The molecule has 0 heterocycles. The Morgan fingerprint density at radius 1 is 0.632 bits per heavy atom. The molecule has 0 radical (unpaired) electrons. The van der Waals surface area contributed by atoms with Crippen molar-refractivity contribution < 1.29 is 17.9 Å². The van der Waals surface area contributed by atoms with E-state index in [2.05, 4.69) is 145 Å². The molecule has 0 fully saturated rings. The van der Waals surface area contributed by atoms with Crippen LogP contribution in [0.5, 0.6) is 0 Å². The van der Waals surface area contributed by atoms with Crippen molar-refractivity contribution >= 4 is 36.9 Å². The molecule has 4 rings (SSSR count). The van der Waals surface area contributed by atoms with E-state index in [0.717, 1.165) is 0 Å². The number of aryl methyl sites for hydroxylation is 3. The molecule has 0 amide bonds. The Labute approximate surface area is 241 Å². The minimum absolute atomic E-state index is 0.0112. The van der Waals surface area contributed by atoms with E-state index in [1.165, 1.54) is 22.3 Å². The SMILES string of the molecule is CC1=C(C)C(C)([Si](c2ccccc2)(c2cc(C)cc([Si](C)(C)C)c2)c2c(C)cccc2C)[C]([Ti]([CH3])[CH3])=C1C. The monoisotopic (exact) mass is 571 g/mol. The molecule has 199 valence electrons. The molecule has 38 heavy (non-hydrogen) atoms. The molecular formula is C35H47Si2Ti. The average molecular weight is 572 g/mol. The molecule has 2 unspecified atom stereocenters. The standard InChI is InChI=1S/C33H41Si2.2CH3.Ti/c1-23-19-30(34(8,9)10)21-31(20-23)35(29-17-12-11-13-18-29,32-24(2)15-14-16-25(32)3)33(7)22-26(4)27(5)28(33)6;;;/h11-21H,1-10H3;2*1H3;. The number of hydrogen-bond acceptors (Lipinski definition) is 0. The van der Waals surface area contributed by atoms with Crippen LogP contribution in [0.15, 0.2) is 87.3 Å². The average Bonchev–Trinajstić information content (AvgIpc) is 3.01. The number of hydrogen-bond donors (Lipinski definition) is 0. The molecule has 0 N–H and O–H groups in total. The van der Waals surface area contributed by atoms with Crippen LogP contribution in [0.1, 0.15) is 44.4 Å². The van der Waals surface area contributed by atoms with E-state index in [1.54, 1.807) is 31.9 Å². The first-order valence-corrected chi connectivity index (χ1v) is 23.5. The zero-order valence-electron chi connectivity index (χ0n) is 25.9. The molecule has 3 aromatic carbocycles. The fraction of sp³-hybridized carbons (Fsp3) is 0.371. The van der Waals surface area contributed by atoms with Gasteiger partial charge in [-0.25, -0.2) is 0 Å². The van der Waals surface area contributed by atoms with Gasteiger partial charge in [-0.05, 0) is 0 Å². The summed E-state index contributed by atoms with van der Waals surface area (Å²) in [6.45, 7) is 24.5. The van der Waals surface area contributed by atoms with E-state index in [-0.39, 0.29) is 5.04 Å². The minimum atomic E-state index is -2.67. The van der Waals surface area contributed by atoms with Gasteiger partial charge in [-0.2, -0.15) is 0 Å². The Bertz CT molecular complexity index is 1420. The van der Waals surface area contributed by atoms with Crippen LogP contribution in [0.4, 0.5) is 0 Å². The van der Waals surface area contributed by atoms with Crippen molar-refractivity contribution in [2.75, 3.05) is 0 Å². The predicted molar refractivity (Wildman–Crippen MR) is 172 cm³/mol. The van der Waals surface area contributed by atoms with Gasteiger partial charge >= 0.3 is 242 Å². The van der Waals surface area contributed by atoms with Gasteiger partial charge in [-0.3, -0.25) is 0 Å². The number of benzene rings is 3. The van der Waals surface area contributed by atoms with Crippen LogP contribution >= 0.6 is 0 Å². The fourth-order valence-electron chi connectivity index (χ4n) is 7.56. The maximum absolute atomic E-state index is 2.68. The van der Waals surface area contributed by atoms with Gasteiger partial charge in [0.25, 0.3) is 0 Å². The van der Waals surface area contributed by atoms with Crippen molar-refractivity contribution in [3.8, 4) is 0 Å². The summed E-state index contributed by atoms with van der Waals surface area (Å²) in [7, 11) is -4.21. The zero-order valence-corrected chi connectivity index (χ0v) is 29.4. The molecule has 0 nitrogen and oxygen atoms in total. The quantitative estimate of drug-likeness (QED) is 0.210. The third-order valence-electron chi connectivity index (χ3n) is 9.44. The molecular weight excluding hydrogens is 524 g/mol. The van der Waals surface area contributed by atoms with Crippen molar-refractivity contribution in [3.05, 3.63) is 104 Å². The van der Waals surface area contributed by atoms with E-state index >= 15 is 0 Å². The molecule has 3 heteroatoms. The molecule has 0 saturated heterocycles. The first-order valence-electron chi connectivity index (χ1n) is 14.1. The second-order valence-electron chi connectivity index (χ2n) is 13.1. The predicted octanol–water partition coefficient (Wildman–Crippen LogP) is 7.73. The van der Waals surface area contributed by atoms with E-state index < -0.39 is 34.0 Å². The van der Waals surface area contributed by atoms with Crippen LogP contribution in [0.2, 0.25) is 35.1 Å². The summed E-state index contributed by atoms with van der Waals surface area (Å²) in [4.78, 5) is 0. The normalized spacial score (nSPS) is 19.7. The van der Waals surface area contributed by atoms with E-state index in [1.807, 2.05) is 3.88 Å². The van der Waals surface area contributed by atoms with Crippen molar-refractivity contribution in [1.29, 1.82) is 0 Å². The molecule has 0 bridgehead atoms. The Balaban J connectivity index is 2.37. The Morgan fingerprint density at radius 3 is 1.71 bits per heavy atom. The molecule has 1 aliphatic carbocycles. The second kappa shape index (κ2) is 10.4. The summed E-state index contributed by atoms with van der Waals surface area (Å²) < 4.78 is 1.81. The van der Waals surface area contributed by atoms with Crippen molar-refractivity contribution in [2.45, 2.75) is 83.6 Å². The van der Waals surface area contributed by atoms with Gasteiger partial charge in [0.05, 0.1) is 0 Å². The number of allylic oxidation sites excluding steroid dienone is 4. The van der Waals surface area contributed by atoms with Gasteiger partial charge in [0.1, 0.15) is 0 Å². The third kappa shape index (κ3) is 4.37. The summed E-state index contributed by atoms with van der Waals surface area (Å²) in [5, 5.41) is 11.5. The summed E-state index contributed by atoms with van der Waals surface area (Å²) in [5.74, 6) is 0.